The van der Waals surface area contributed by atoms with Gasteiger partial charge in [0, 0.05) is 35.9 Å². The molecule has 1 aliphatic carbocycles. The molecule has 5 rings (SSSR count). The van der Waals surface area contributed by atoms with Crippen molar-refractivity contribution >= 4 is 11.8 Å². The van der Waals surface area contributed by atoms with Crippen molar-refractivity contribution < 1.29 is 4.39 Å². The molecular weight excluding hydrogens is 411 g/mol. The molecule has 158 valence electrons. The number of rotatable bonds is 7. The standard InChI is InChI=1S/C23H23FN6S/c1-2-14-29-22(16-10-12-25-13-11-16)26-27-23(29)31-15-20-19-4-3-5-21(19)30(28-20)18-8-6-17(24)7-9-18/h6-13H,2-5,14-15H2,1H3. The van der Waals surface area contributed by atoms with Crippen LogP contribution >= 0.6 is 11.8 Å². The highest BCUT2D eigenvalue weighted by Crippen LogP contribution is 2.32. The summed E-state index contributed by atoms with van der Waals surface area (Å²) in [6.45, 7) is 3.01. The normalized spacial score (nSPS) is 13.0. The smallest absolute Gasteiger partial charge is 0.191 e. The zero-order valence-electron chi connectivity index (χ0n) is 17.3. The van der Waals surface area contributed by atoms with Crippen molar-refractivity contribution in [3.05, 3.63) is 71.6 Å². The molecule has 0 fully saturated rings. The van der Waals surface area contributed by atoms with E-state index in [1.807, 2.05) is 16.8 Å². The second-order valence-corrected chi connectivity index (χ2v) is 8.54. The second kappa shape index (κ2) is 8.63. The van der Waals surface area contributed by atoms with Crippen molar-refractivity contribution in [1.29, 1.82) is 0 Å². The third kappa shape index (κ3) is 3.87. The second-order valence-electron chi connectivity index (χ2n) is 7.60. The van der Waals surface area contributed by atoms with E-state index >= 15 is 0 Å². The number of fused-ring (bicyclic) bond motifs is 1. The Bertz CT molecular complexity index is 1180. The van der Waals surface area contributed by atoms with Crippen LogP contribution in [0.5, 0.6) is 0 Å². The van der Waals surface area contributed by atoms with Crippen LogP contribution < -0.4 is 0 Å². The lowest BCUT2D eigenvalue weighted by Gasteiger charge is -2.08. The minimum Gasteiger partial charge on any atom is -0.302 e. The van der Waals surface area contributed by atoms with Crippen LogP contribution in [-0.2, 0) is 25.1 Å². The van der Waals surface area contributed by atoms with Gasteiger partial charge in [-0.2, -0.15) is 5.10 Å². The summed E-state index contributed by atoms with van der Waals surface area (Å²) in [5.41, 5.74) is 5.58. The molecule has 0 saturated heterocycles. The van der Waals surface area contributed by atoms with E-state index in [-0.39, 0.29) is 5.82 Å². The minimum absolute atomic E-state index is 0.233. The van der Waals surface area contributed by atoms with Gasteiger partial charge in [0.25, 0.3) is 0 Å². The Balaban J connectivity index is 1.43. The molecule has 3 heterocycles. The van der Waals surface area contributed by atoms with E-state index in [0.29, 0.717) is 0 Å². The van der Waals surface area contributed by atoms with Gasteiger partial charge >= 0.3 is 0 Å². The van der Waals surface area contributed by atoms with Crippen molar-refractivity contribution in [2.24, 2.45) is 0 Å². The van der Waals surface area contributed by atoms with Gasteiger partial charge in [0.1, 0.15) is 5.82 Å². The average molecular weight is 435 g/mol. The first-order valence-electron chi connectivity index (χ1n) is 10.6. The maximum absolute atomic E-state index is 13.4. The van der Waals surface area contributed by atoms with Gasteiger partial charge in [-0.25, -0.2) is 9.07 Å². The third-order valence-electron chi connectivity index (χ3n) is 5.53. The molecule has 0 spiro atoms. The lowest BCUT2D eigenvalue weighted by Crippen LogP contribution is -2.03. The molecule has 4 aromatic rings. The highest BCUT2D eigenvalue weighted by molar-refractivity contribution is 7.98. The van der Waals surface area contributed by atoms with Gasteiger partial charge in [-0.05, 0) is 67.6 Å². The lowest BCUT2D eigenvalue weighted by atomic mass is 10.2. The van der Waals surface area contributed by atoms with Gasteiger partial charge in [-0.15, -0.1) is 10.2 Å². The van der Waals surface area contributed by atoms with E-state index in [9.17, 15) is 4.39 Å². The van der Waals surface area contributed by atoms with E-state index < -0.39 is 0 Å². The van der Waals surface area contributed by atoms with Gasteiger partial charge in [-0.1, -0.05) is 18.7 Å². The monoisotopic (exact) mass is 434 g/mol. The summed E-state index contributed by atoms with van der Waals surface area (Å²) in [4.78, 5) is 4.10. The molecule has 0 aliphatic heterocycles. The summed E-state index contributed by atoms with van der Waals surface area (Å²) in [5, 5.41) is 14.7. The Morgan fingerprint density at radius 2 is 1.84 bits per heavy atom. The number of pyridine rings is 1. The minimum atomic E-state index is -0.233. The number of benzene rings is 1. The van der Waals surface area contributed by atoms with E-state index in [2.05, 4.69) is 26.7 Å². The fraction of sp³-hybridized carbons (Fsp3) is 0.304. The van der Waals surface area contributed by atoms with Crippen molar-refractivity contribution in [1.82, 2.24) is 29.5 Å². The van der Waals surface area contributed by atoms with Crippen LogP contribution in [0.1, 0.15) is 36.7 Å². The molecular formula is C23H23FN6S. The molecule has 8 heteroatoms. The van der Waals surface area contributed by atoms with Crippen LogP contribution in [0.2, 0.25) is 0 Å². The maximum atomic E-state index is 13.4. The van der Waals surface area contributed by atoms with E-state index in [1.54, 1.807) is 36.3 Å². The van der Waals surface area contributed by atoms with Crippen molar-refractivity contribution in [2.45, 2.75) is 50.1 Å². The third-order valence-corrected chi connectivity index (χ3v) is 6.50. The average Bonchev–Trinajstić information content (AvgIpc) is 3.50. The molecule has 0 amide bonds. The molecule has 0 atom stereocenters. The maximum Gasteiger partial charge on any atom is 0.191 e. The number of halogens is 1. The van der Waals surface area contributed by atoms with E-state index in [1.165, 1.54) is 23.4 Å². The first kappa shape index (κ1) is 19.9. The van der Waals surface area contributed by atoms with Gasteiger partial charge in [0.2, 0.25) is 0 Å². The summed E-state index contributed by atoms with van der Waals surface area (Å²) >= 11 is 1.67. The number of thioether (sulfide) groups is 1. The van der Waals surface area contributed by atoms with Crippen molar-refractivity contribution in [2.75, 3.05) is 0 Å². The number of hydrogen-bond acceptors (Lipinski definition) is 5. The summed E-state index contributed by atoms with van der Waals surface area (Å²) < 4.78 is 17.5. The Morgan fingerprint density at radius 3 is 2.61 bits per heavy atom. The van der Waals surface area contributed by atoms with Gasteiger partial charge in [0.15, 0.2) is 11.0 Å². The van der Waals surface area contributed by atoms with Crippen LogP contribution in [-0.4, -0.2) is 29.5 Å². The van der Waals surface area contributed by atoms with Crippen LogP contribution in [0.4, 0.5) is 4.39 Å². The first-order valence-corrected chi connectivity index (χ1v) is 11.5. The van der Waals surface area contributed by atoms with Crippen LogP contribution in [0.15, 0.2) is 53.9 Å². The van der Waals surface area contributed by atoms with Crippen molar-refractivity contribution in [3.8, 4) is 17.1 Å². The molecule has 1 aromatic carbocycles. The highest BCUT2D eigenvalue weighted by atomic mass is 32.2. The highest BCUT2D eigenvalue weighted by Gasteiger charge is 2.24. The summed E-state index contributed by atoms with van der Waals surface area (Å²) in [5.74, 6) is 1.37. The van der Waals surface area contributed by atoms with Gasteiger partial charge in [-0.3, -0.25) is 4.98 Å². The number of nitrogens with zero attached hydrogens (tertiary/aromatic N) is 6. The molecule has 0 saturated carbocycles. The molecule has 0 bridgehead atoms. The van der Waals surface area contributed by atoms with Gasteiger partial charge in [0.05, 0.1) is 11.4 Å². The Morgan fingerprint density at radius 1 is 1.03 bits per heavy atom. The van der Waals surface area contributed by atoms with Crippen LogP contribution in [0.25, 0.3) is 17.1 Å². The zero-order valence-corrected chi connectivity index (χ0v) is 18.1. The molecule has 6 nitrogen and oxygen atoms in total. The zero-order chi connectivity index (χ0) is 21.2. The molecule has 0 unspecified atom stereocenters. The predicted molar refractivity (Wildman–Crippen MR) is 119 cm³/mol. The van der Waals surface area contributed by atoms with E-state index in [4.69, 9.17) is 5.10 Å². The topological polar surface area (TPSA) is 61.4 Å². The van der Waals surface area contributed by atoms with Crippen molar-refractivity contribution in [3.63, 3.8) is 0 Å². The molecule has 31 heavy (non-hydrogen) atoms. The summed E-state index contributed by atoms with van der Waals surface area (Å²) in [6, 6.07) is 10.5. The fourth-order valence-electron chi connectivity index (χ4n) is 4.09. The first-order chi connectivity index (χ1) is 15.2. The Labute approximate surface area is 184 Å². The van der Waals surface area contributed by atoms with E-state index in [0.717, 1.165) is 65.9 Å². The number of aromatic nitrogens is 6. The SMILES string of the molecule is CCCn1c(SCc2nn(-c3ccc(F)cc3)c3c2CCC3)nnc1-c1ccncc1. The molecule has 1 aliphatic rings. The van der Waals surface area contributed by atoms with Gasteiger partial charge < -0.3 is 4.57 Å². The molecule has 0 N–H and O–H groups in total. The number of hydrogen-bond donors (Lipinski definition) is 0. The largest absolute Gasteiger partial charge is 0.302 e. The quantitative estimate of drug-likeness (QED) is 0.389. The Kier molecular flexibility index (Phi) is 5.55. The molecule has 3 aromatic heterocycles. The summed E-state index contributed by atoms with van der Waals surface area (Å²) in [7, 11) is 0. The van der Waals surface area contributed by atoms with Crippen LogP contribution in [0, 0.1) is 5.82 Å². The predicted octanol–water partition coefficient (Wildman–Crippen LogP) is 4.86. The fourth-order valence-corrected chi connectivity index (χ4v) is 5.02. The van der Waals surface area contributed by atoms with Crippen LogP contribution in [0.3, 0.4) is 0 Å². The Hall–Kier alpha value is -3.00. The lowest BCUT2D eigenvalue weighted by molar-refractivity contribution is 0.626. The molecule has 0 radical (unpaired) electrons. The summed E-state index contributed by atoms with van der Waals surface area (Å²) in [6.07, 6.45) is 7.72.